The summed E-state index contributed by atoms with van der Waals surface area (Å²) in [5, 5.41) is 14.6. The number of anilines is 1. The Hall–Kier alpha value is -4.03. The molecule has 11 nitrogen and oxygen atoms in total. The molecule has 2 aliphatic rings. The second kappa shape index (κ2) is 9.91. The van der Waals surface area contributed by atoms with Crippen molar-refractivity contribution in [3.63, 3.8) is 0 Å². The smallest absolute Gasteiger partial charge is 0.328 e. The van der Waals surface area contributed by atoms with Gasteiger partial charge >= 0.3 is 5.97 Å². The molecule has 4 N–H and O–H groups in total. The monoisotopic (exact) mass is 500 g/mol. The molecule has 0 spiro atoms. The minimum absolute atomic E-state index is 0.126. The minimum atomic E-state index is -1.19. The summed E-state index contributed by atoms with van der Waals surface area (Å²) < 4.78 is 24.0. The van der Waals surface area contributed by atoms with Gasteiger partial charge in [0, 0.05) is 29.7 Å². The molecule has 2 aliphatic heterocycles. The van der Waals surface area contributed by atoms with E-state index in [2.05, 4.69) is 15.6 Å². The van der Waals surface area contributed by atoms with Crippen LogP contribution in [0.3, 0.4) is 0 Å². The van der Waals surface area contributed by atoms with Crippen LogP contribution < -0.4 is 10.6 Å². The molecule has 0 aliphatic carbocycles. The number of methoxy groups -OCH3 is 1. The maximum atomic E-state index is 13.7. The number of aromatic amines is 1. The van der Waals surface area contributed by atoms with Crippen LogP contribution in [0.4, 0.5) is 10.1 Å². The second-order valence-corrected chi connectivity index (χ2v) is 8.46. The third kappa shape index (κ3) is 4.60. The predicted molar refractivity (Wildman–Crippen MR) is 125 cm³/mol. The SMILES string of the molecule is COC(CNC(=O)c1c(C)[nH]c(/C=C2\C(=O)Nc3ccc(F)cc32)c1C)C(=O)N1COCC1C(=O)O. The topological polar surface area (TPSA) is 150 Å². The van der Waals surface area contributed by atoms with Crippen LogP contribution in [0.1, 0.15) is 32.9 Å². The molecule has 2 atom stereocenters. The molecule has 12 heteroatoms. The molecule has 0 saturated carbocycles. The van der Waals surface area contributed by atoms with E-state index in [1.807, 2.05) is 0 Å². The number of carboxylic acids is 1. The molecule has 1 saturated heterocycles. The Morgan fingerprint density at radius 3 is 2.81 bits per heavy atom. The van der Waals surface area contributed by atoms with Crippen molar-refractivity contribution in [3.05, 3.63) is 52.1 Å². The highest BCUT2D eigenvalue weighted by molar-refractivity contribution is 6.34. The van der Waals surface area contributed by atoms with Gasteiger partial charge in [-0.1, -0.05) is 0 Å². The van der Waals surface area contributed by atoms with Crippen LogP contribution in [-0.2, 0) is 23.9 Å². The summed E-state index contributed by atoms with van der Waals surface area (Å²) in [6.45, 7) is 2.87. The Bertz CT molecular complexity index is 1290. The number of fused-ring (bicyclic) bond motifs is 1. The lowest BCUT2D eigenvalue weighted by atomic mass is 10.0. The van der Waals surface area contributed by atoms with E-state index in [-0.39, 0.29) is 31.4 Å². The van der Waals surface area contributed by atoms with Gasteiger partial charge in [0.05, 0.1) is 24.3 Å². The minimum Gasteiger partial charge on any atom is -0.480 e. The Kier molecular flexibility index (Phi) is 6.91. The van der Waals surface area contributed by atoms with Gasteiger partial charge in [0.2, 0.25) is 0 Å². The van der Waals surface area contributed by atoms with Crippen LogP contribution in [0.25, 0.3) is 11.6 Å². The van der Waals surface area contributed by atoms with Crippen LogP contribution in [0.15, 0.2) is 18.2 Å². The molecule has 2 unspecified atom stereocenters. The third-order valence-electron chi connectivity index (χ3n) is 6.21. The number of rotatable bonds is 7. The molecule has 3 heterocycles. The summed E-state index contributed by atoms with van der Waals surface area (Å²) in [5.74, 6) is -3.17. The summed E-state index contributed by atoms with van der Waals surface area (Å²) in [6.07, 6.45) is 0.438. The Labute approximate surface area is 205 Å². The van der Waals surface area contributed by atoms with E-state index in [9.17, 15) is 28.7 Å². The average molecular weight is 500 g/mol. The summed E-state index contributed by atoms with van der Waals surface area (Å²) in [6, 6.07) is 2.88. The maximum absolute atomic E-state index is 13.7. The number of nitrogens with zero attached hydrogens (tertiary/aromatic N) is 1. The number of carboxylic acid groups (broad SMARTS) is 1. The first kappa shape index (κ1) is 25.1. The normalized spacial score (nSPS) is 18.8. The van der Waals surface area contributed by atoms with Crippen molar-refractivity contribution in [2.75, 3.05) is 32.3 Å². The zero-order valence-corrected chi connectivity index (χ0v) is 19.8. The van der Waals surface area contributed by atoms with Crippen LogP contribution in [0, 0.1) is 19.7 Å². The van der Waals surface area contributed by atoms with Crippen LogP contribution in [0.5, 0.6) is 0 Å². The van der Waals surface area contributed by atoms with Gasteiger partial charge in [-0.2, -0.15) is 0 Å². The molecule has 0 radical (unpaired) electrons. The van der Waals surface area contributed by atoms with Crippen molar-refractivity contribution in [1.29, 1.82) is 0 Å². The van der Waals surface area contributed by atoms with E-state index in [1.54, 1.807) is 19.9 Å². The lowest BCUT2D eigenvalue weighted by Gasteiger charge is -2.24. The Morgan fingerprint density at radius 1 is 1.36 bits per heavy atom. The van der Waals surface area contributed by atoms with Gasteiger partial charge in [-0.25, -0.2) is 9.18 Å². The number of aliphatic carboxylic acids is 1. The third-order valence-corrected chi connectivity index (χ3v) is 6.21. The van der Waals surface area contributed by atoms with E-state index >= 15 is 0 Å². The van der Waals surface area contributed by atoms with Gasteiger partial charge in [-0.15, -0.1) is 0 Å². The van der Waals surface area contributed by atoms with Crippen LogP contribution in [0.2, 0.25) is 0 Å². The number of aromatic nitrogens is 1. The average Bonchev–Trinajstić information content (AvgIpc) is 3.51. The second-order valence-electron chi connectivity index (χ2n) is 8.46. The molecule has 0 bridgehead atoms. The van der Waals surface area contributed by atoms with E-state index in [0.29, 0.717) is 33.8 Å². The number of H-pyrrole nitrogens is 1. The molecule has 1 aromatic carbocycles. The molecule has 3 amide bonds. The van der Waals surface area contributed by atoms with Crippen molar-refractivity contribution in [1.82, 2.24) is 15.2 Å². The lowest BCUT2D eigenvalue weighted by molar-refractivity contribution is -0.152. The van der Waals surface area contributed by atoms with Gasteiger partial charge in [0.25, 0.3) is 17.7 Å². The fourth-order valence-corrected chi connectivity index (χ4v) is 4.30. The summed E-state index contributed by atoms with van der Waals surface area (Å²) in [7, 11) is 1.28. The van der Waals surface area contributed by atoms with Crippen LogP contribution in [-0.4, -0.2) is 77.8 Å². The first-order valence-corrected chi connectivity index (χ1v) is 11.1. The Morgan fingerprint density at radius 2 is 2.11 bits per heavy atom. The largest absolute Gasteiger partial charge is 0.480 e. The van der Waals surface area contributed by atoms with E-state index in [0.717, 1.165) is 4.90 Å². The molecule has 4 rings (SSSR count). The highest BCUT2D eigenvalue weighted by atomic mass is 19.1. The quantitative estimate of drug-likeness (QED) is 0.418. The van der Waals surface area contributed by atoms with Gasteiger partial charge in [-0.3, -0.25) is 14.4 Å². The van der Waals surface area contributed by atoms with Gasteiger partial charge in [0.15, 0.2) is 12.1 Å². The van der Waals surface area contributed by atoms with Crippen molar-refractivity contribution in [3.8, 4) is 0 Å². The summed E-state index contributed by atoms with van der Waals surface area (Å²) >= 11 is 0. The summed E-state index contributed by atoms with van der Waals surface area (Å²) in [5.41, 5.74) is 3.06. The number of benzene rings is 1. The molecule has 1 aromatic heterocycles. The molecular formula is C24H25FN4O7. The summed E-state index contributed by atoms with van der Waals surface area (Å²) in [4.78, 5) is 53.7. The number of halogens is 1. The Balaban J connectivity index is 1.51. The number of amides is 3. The number of hydrogen-bond acceptors (Lipinski definition) is 6. The van der Waals surface area contributed by atoms with Crippen molar-refractivity contribution >= 4 is 41.0 Å². The fourth-order valence-electron chi connectivity index (χ4n) is 4.30. The van der Waals surface area contributed by atoms with Gasteiger partial charge in [0.1, 0.15) is 12.5 Å². The molecule has 36 heavy (non-hydrogen) atoms. The molecular weight excluding hydrogens is 475 g/mol. The molecule has 1 fully saturated rings. The first-order chi connectivity index (χ1) is 17.1. The van der Waals surface area contributed by atoms with Gasteiger partial charge in [-0.05, 0) is 43.7 Å². The van der Waals surface area contributed by atoms with Crippen molar-refractivity contribution in [2.24, 2.45) is 0 Å². The number of carbonyl (C=O) groups is 4. The van der Waals surface area contributed by atoms with Crippen LogP contribution >= 0.6 is 0 Å². The predicted octanol–water partition coefficient (Wildman–Crippen LogP) is 1.28. The number of carbonyl (C=O) groups excluding carboxylic acids is 3. The number of hydrogen-bond donors (Lipinski definition) is 4. The van der Waals surface area contributed by atoms with E-state index in [4.69, 9.17) is 9.47 Å². The zero-order chi connectivity index (χ0) is 26.1. The van der Waals surface area contributed by atoms with E-state index < -0.39 is 35.7 Å². The maximum Gasteiger partial charge on any atom is 0.328 e. The van der Waals surface area contributed by atoms with Gasteiger partial charge < -0.3 is 35.1 Å². The number of aryl methyl sites for hydroxylation is 1. The first-order valence-electron chi connectivity index (χ1n) is 11.1. The highest BCUT2D eigenvalue weighted by Gasteiger charge is 2.38. The zero-order valence-electron chi connectivity index (χ0n) is 19.8. The standard InChI is InChI=1S/C24H25FN4O7/c1-11-17(7-15-14-6-13(25)4-5-16(14)28-21(15)30)27-12(2)20(11)22(31)26-8-19(35-3)23(32)29-10-36-9-18(29)24(33)34/h4-7,18-19,27H,8-10H2,1-3H3,(H,26,31)(H,28,30)(H,33,34)/b15-7-. The number of nitrogens with one attached hydrogen (secondary N) is 3. The van der Waals surface area contributed by atoms with Crippen molar-refractivity contribution in [2.45, 2.75) is 26.0 Å². The number of ether oxygens (including phenoxy) is 2. The van der Waals surface area contributed by atoms with Crippen molar-refractivity contribution < 1.29 is 38.1 Å². The molecule has 2 aromatic rings. The molecule has 190 valence electrons. The van der Waals surface area contributed by atoms with E-state index in [1.165, 1.54) is 25.3 Å². The lowest BCUT2D eigenvalue weighted by Crippen LogP contribution is -2.50. The fraction of sp³-hybridized carbons (Fsp3) is 0.333. The highest BCUT2D eigenvalue weighted by Crippen LogP contribution is 2.34.